The summed E-state index contributed by atoms with van der Waals surface area (Å²) in [5.41, 5.74) is 0.918. The number of H-pyrrole nitrogens is 1. The van der Waals surface area contributed by atoms with E-state index in [1.807, 2.05) is 30.3 Å². The van der Waals surface area contributed by atoms with Crippen molar-refractivity contribution >= 4 is 6.03 Å². The summed E-state index contributed by atoms with van der Waals surface area (Å²) in [7, 11) is 0. The zero-order chi connectivity index (χ0) is 18.6. The molecule has 1 saturated carbocycles. The number of benzene rings is 1. The van der Waals surface area contributed by atoms with Crippen molar-refractivity contribution in [3.8, 4) is 11.4 Å². The van der Waals surface area contributed by atoms with Gasteiger partial charge in [-0.3, -0.25) is 9.49 Å². The molecule has 1 saturated heterocycles. The highest BCUT2D eigenvalue weighted by atomic mass is 19.1. The van der Waals surface area contributed by atoms with Crippen LogP contribution in [0.4, 0.5) is 9.18 Å². The zero-order valence-corrected chi connectivity index (χ0v) is 15.4. The molecule has 27 heavy (non-hydrogen) atoms. The van der Waals surface area contributed by atoms with Gasteiger partial charge in [-0.15, -0.1) is 0 Å². The van der Waals surface area contributed by atoms with Gasteiger partial charge >= 0.3 is 6.03 Å². The lowest BCUT2D eigenvalue weighted by Crippen LogP contribution is -2.44. The molecule has 0 unspecified atom stereocenters. The highest BCUT2D eigenvalue weighted by molar-refractivity contribution is 5.75. The number of halogens is 1. The van der Waals surface area contributed by atoms with E-state index in [1.165, 1.54) is 19.3 Å². The Morgan fingerprint density at radius 2 is 1.96 bits per heavy atom. The van der Waals surface area contributed by atoms with Gasteiger partial charge in [-0.2, -0.15) is 5.10 Å². The highest BCUT2D eigenvalue weighted by Gasteiger charge is 2.38. The van der Waals surface area contributed by atoms with Crippen LogP contribution in [0.25, 0.3) is 11.4 Å². The fourth-order valence-electron chi connectivity index (χ4n) is 4.17. The summed E-state index contributed by atoms with van der Waals surface area (Å²) >= 11 is 0. The minimum atomic E-state index is -0.473. The number of carbonyl (C=O) groups is 1. The Balaban J connectivity index is 1.44. The maximum atomic E-state index is 13.6. The van der Waals surface area contributed by atoms with Gasteiger partial charge in [0.1, 0.15) is 5.82 Å². The van der Waals surface area contributed by atoms with Gasteiger partial charge in [0.05, 0.1) is 6.67 Å². The smallest absolute Gasteiger partial charge is 0.317 e. The summed E-state index contributed by atoms with van der Waals surface area (Å²) in [6, 6.07) is 9.87. The van der Waals surface area contributed by atoms with Gasteiger partial charge in [0.25, 0.3) is 0 Å². The molecule has 1 aromatic heterocycles. The fraction of sp³-hybridized carbons (Fsp3) is 0.550. The molecule has 0 spiro atoms. The molecule has 144 valence electrons. The molecule has 1 aliphatic heterocycles. The van der Waals surface area contributed by atoms with Gasteiger partial charge in [0.2, 0.25) is 0 Å². The molecule has 1 aromatic carbocycles. The molecule has 1 aliphatic carbocycles. The van der Waals surface area contributed by atoms with E-state index in [4.69, 9.17) is 0 Å². The van der Waals surface area contributed by atoms with E-state index in [0.29, 0.717) is 24.7 Å². The van der Waals surface area contributed by atoms with Crippen LogP contribution in [0.2, 0.25) is 0 Å². The van der Waals surface area contributed by atoms with Crippen molar-refractivity contribution in [3.63, 3.8) is 0 Å². The van der Waals surface area contributed by atoms with E-state index < -0.39 is 6.67 Å². The van der Waals surface area contributed by atoms with Gasteiger partial charge in [0, 0.05) is 36.5 Å². The van der Waals surface area contributed by atoms with Crippen LogP contribution in [0.1, 0.15) is 43.8 Å². The average molecular weight is 371 g/mol. The van der Waals surface area contributed by atoms with Gasteiger partial charge in [-0.05, 0) is 12.8 Å². The number of hydrogen-bond acceptors (Lipinski definition) is 3. The summed E-state index contributed by atoms with van der Waals surface area (Å²) in [6.45, 7) is 0.414. The molecule has 2 atom stereocenters. The minimum Gasteiger partial charge on any atom is -0.335 e. The Morgan fingerprint density at radius 3 is 2.70 bits per heavy atom. The van der Waals surface area contributed by atoms with Crippen LogP contribution >= 0.6 is 0 Å². The first kappa shape index (κ1) is 17.9. The SMILES string of the molecule is O=C(NC1CCCCC1)N1C[C@@H](CF)[C@H](c2nc(-c3ccccc3)n[nH]2)C1. The Hall–Kier alpha value is -2.44. The Labute approximate surface area is 158 Å². The second-order valence-electron chi connectivity index (χ2n) is 7.62. The fourth-order valence-corrected chi connectivity index (χ4v) is 4.17. The average Bonchev–Trinajstić information content (AvgIpc) is 3.36. The first-order valence-electron chi connectivity index (χ1n) is 9.83. The summed E-state index contributed by atoms with van der Waals surface area (Å²) in [5.74, 6) is 0.855. The molecule has 2 N–H and O–H groups in total. The topological polar surface area (TPSA) is 73.9 Å². The van der Waals surface area contributed by atoms with Crippen LogP contribution in [-0.2, 0) is 0 Å². The van der Waals surface area contributed by atoms with Crippen molar-refractivity contribution in [1.29, 1.82) is 0 Å². The number of rotatable bonds is 4. The molecule has 4 rings (SSSR count). The number of carbonyl (C=O) groups excluding carboxylic acids is 1. The first-order chi connectivity index (χ1) is 13.2. The number of urea groups is 1. The van der Waals surface area contributed by atoms with E-state index in [-0.39, 0.29) is 23.9 Å². The minimum absolute atomic E-state index is 0.0781. The van der Waals surface area contributed by atoms with Crippen LogP contribution < -0.4 is 5.32 Å². The van der Waals surface area contributed by atoms with E-state index in [1.54, 1.807) is 4.90 Å². The van der Waals surface area contributed by atoms with Crippen molar-refractivity contribution in [2.75, 3.05) is 19.8 Å². The maximum absolute atomic E-state index is 13.6. The Morgan fingerprint density at radius 1 is 1.19 bits per heavy atom. The number of nitrogens with one attached hydrogen (secondary N) is 2. The lowest BCUT2D eigenvalue weighted by molar-refractivity contribution is 0.197. The third-order valence-corrected chi connectivity index (χ3v) is 5.75. The van der Waals surface area contributed by atoms with Gasteiger partial charge in [0.15, 0.2) is 5.82 Å². The number of nitrogens with zero attached hydrogens (tertiary/aromatic N) is 3. The molecule has 2 heterocycles. The van der Waals surface area contributed by atoms with Crippen LogP contribution in [-0.4, -0.2) is 51.9 Å². The molecule has 7 heteroatoms. The van der Waals surface area contributed by atoms with Crippen LogP contribution in [0.5, 0.6) is 0 Å². The normalized spacial score (nSPS) is 23.5. The molecule has 2 aliphatic rings. The van der Waals surface area contributed by atoms with Crippen molar-refractivity contribution < 1.29 is 9.18 Å². The van der Waals surface area contributed by atoms with E-state index in [0.717, 1.165) is 18.4 Å². The number of aromatic amines is 1. The lowest BCUT2D eigenvalue weighted by Gasteiger charge is -2.26. The van der Waals surface area contributed by atoms with Crippen molar-refractivity contribution in [2.45, 2.75) is 44.1 Å². The van der Waals surface area contributed by atoms with Crippen LogP contribution in [0, 0.1) is 5.92 Å². The first-order valence-corrected chi connectivity index (χ1v) is 9.83. The van der Waals surface area contributed by atoms with Gasteiger partial charge < -0.3 is 10.2 Å². The number of likely N-dealkylation sites (tertiary alicyclic amines) is 1. The van der Waals surface area contributed by atoms with Crippen LogP contribution in [0.15, 0.2) is 30.3 Å². The highest BCUT2D eigenvalue weighted by Crippen LogP contribution is 2.32. The van der Waals surface area contributed by atoms with Gasteiger partial charge in [-0.1, -0.05) is 49.6 Å². The monoisotopic (exact) mass is 371 g/mol. The third kappa shape index (κ3) is 3.96. The van der Waals surface area contributed by atoms with E-state index in [9.17, 15) is 9.18 Å². The maximum Gasteiger partial charge on any atom is 0.317 e. The molecule has 0 bridgehead atoms. The zero-order valence-electron chi connectivity index (χ0n) is 15.4. The third-order valence-electron chi connectivity index (χ3n) is 5.75. The Kier molecular flexibility index (Phi) is 5.36. The molecule has 0 radical (unpaired) electrons. The summed E-state index contributed by atoms with van der Waals surface area (Å²) < 4.78 is 13.6. The van der Waals surface area contributed by atoms with E-state index >= 15 is 0 Å². The number of alkyl halides is 1. The summed E-state index contributed by atoms with van der Waals surface area (Å²) in [4.78, 5) is 18.9. The second-order valence-corrected chi connectivity index (χ2v) is 7.62. The lowest BCUT2D eigenvalue weighted by atomic mass is 9.96. The summed E-state index contributed by atoms with van der Waals surface area (Å²) in [6.07, 6.45) is 5.66. The van der Waals surface area contributed by atoms with Crippen LogP contribution in [0.3, 0.4) is 0 Å². The summed E-state index contributed by atoms with van der Waals surface area (Å²) in [5, 5.41) is 10.4. The predicted octanol–water partition coefficient (Wildman–Crippen LogP) is 3.50. The number of aromatic nitrogens is 3. The van der Waals surface area contributed by atoms with E-state index in [2.05, 4.69) is 20.5 Å². The van der Waals surface area contributed by atoms with Crippen molar-refractivity contribution in [2.24, 2.45) is 5.92 Å². The van der Waals surface area contributed by atoms with Crippen molar-refractivity contribution in [3.05, 3.63) is 36.2 Å². The number of amides is 2. The predicted molar refractivity (Wildman–Crippen MR) is 101 cm³/mol. The standard InChI is InChI=1S/C20H26FN5O/c21-11-15-12-26(20(27)22-16-9-5-2-6-10-16)13-17(15)19-23-18(24-25-19)14-7-3-1-4-8-14/h1,3-4,7-8,15-17H,2,5-6,9-13H2,(H,22,27)(H,23,24,25)/t15-,17-/m1/s1. The molecule has 2 aromatic rings. The Bertz CT molecular complexity index is 759. The molecule has 6 nitrogen and oxygen atoms in total. The molecular formula is C20H26FN5O. The van der Waals surface area contributed by atoms with Gasteiger partial charge in [-0.25, -0.2) is 9.78 Å². The quantitative estimate of drug-likeness (QED) is 0.864. The second kappa shape index (κ2) is 8.06. The molecular weight excluding hydrogens is 345 g/mol. The molecule has 2 fully saturated rings. The largest absolute Gasteiger partial charge is 0.335 e. The number of hydrogen-bond donors (Lipinski definition) is 2. The van der Waals surface area contributed by atoms with Crippen molar-refractivity contribution in [1.82, 2.24) is 25.4 Å². The molecule has 2 amide bonds.